The predicted octanol–water partition coefficient (Wildman–Crippen LogP) is 1.33. The van der Waals surface area contributed by atoms with Gasteiger partial charge in [-0.25, -0.2) is 9.97 Å². The largest absolute Gasteiger partial charge is 0.378 e. The van der Waals surface area contributed by atoms with E-state index in [0.29, 0.717) is 18.5 Å². The summed E-state index contributed by atoms with van der Waals surface area (Å²) in [7, 11) is 1.63. The van der Waals surface area contributed by atoms with Crippen molar-refractivity contribution in [2.24, 2.45) is 0 Å². The minimum atomic E-state index is 0.318. The molecule has 0 aliphatic carbocycles. The molecule has 0 saturated carbocycles. The van der Waals surface area contributed by atoms with Crippen LogP contribution in [0.3, 0.4) is 0 Å². The molecule has 13 heavy (non-hydrogen) atoms. The Morgan fingerprint density at radius 3 is 2.69 bits per heavy atom. The third-order valence-electron chi connectivity index (χ3n) is 1.70. The van der Waals surface area contributed by atoms with Crippen molar-refractivity contribution in [3.05, 3.63) is 17.5 Å². The Balaban J connectivity index is 2.96. The molecule has 1 rings (SSSR count). The molecule has 0 aliphatic heterocycles. The van der Waals surface area contributed by atoms with Crippen molar-refractivity contribution in [2.45, 2.75) is 26.4 Å². The lowest BCUT2D eigenvalue weighted by molar-refractivity contribution is 0.181. The van der Waals surface area contributed by atoms with Crippen LogP contribution in [0.1, 0.15) is 31.2 Å². The lowest BCUT2D eigenvalue weighted by Gasteiger charge is -2.07. The van der Waals surface area contributed by atoms with Gasteiger partial charge < -0.3 is 10.5 Å². The number of rotatable bonds is 3. The van der Waals surface area contributed by atoms with Crippen LogP contribution in [0.2, 0.25) is 0 Å². The summed E-state index contributed by atoms with van der Waals surface area (Å²) in [6.07, 6.45) is 0. The van der Waals surface area contributed by atoms with Gasteiger partial charge in [0, 0.05) is 12.8 Å². The maximum Gasteiger partial charge on any atom is 0.220 e. The predicted molar refractivity (Wildman–Crippen MR) is 51.2 cm³/mol. The monoisotopic (exact) mass is 181 g/mol. The van der Waals surface area contributed by atoms with Gasteiger partial charge >= 0.3 is 0 Å². The van der Waals surface area contributed by atoms with Gasteiger partial charge in [-0.15, -0.1) is 0 Å². The van der Waals surface area contributed by atoms with Crippen LogP contribution in [0.5, 0.6) is 0 Å². The molecule has 1 heterocycles. The van der Waals surface area contributed by atoms with Crippen LogP contribution < -0.4 is 5.73 Å². The molecule has 0 fully saturated rings. The Kier molecular flexibility index (Phi) is 3.19. The van der Waals surface area contributed by atoms with Gasteiger partial charge in [0.25, 0.3) is 0 Å². The number of hydrogen-bond donors (Lipinski definition) is 1. The number of nitrogens with zero attached hydrogens (tertiary/aromatic N) is 2. The highest BCUT2D eigenvalue weighted by Crippen LogP contribution is 2.13. The molecule has 0 atom stereocenters. The highest BCUT2D eigenvalue weighted by Gasteiger charge is 2.05. The molecule has 0 amide bonds. The van der Waals surface area contributed by atoms with E-state index in [4.69, 9.17) is 10.5 Å². The maximum absolute atomic E-state index is 5.55. The molecule has 0 saturated heterocycles. The molecule has 4 heteroatoms. The number of nitrogen functional groups attached to an aromatic ring is 1. The highest BCUT2D eigenvalue weighted by molar-refractivity contribution is 5.23. The maximum atomic E-state index is 5.55. The lowest BCUT2D eigenvalue weighted by Crippen LogP contribution is -2.04. The van der Waals surface area contributed by atoms with Crippen molar-refractivity contribution >= 4 is 5.95 Å². The van der Waals surface area contributed by atoms with Crippen molar-refractivity contribution in [1.82, 2.24) is 9.97 Å². The van der Waals surface area contributed by atoms with Crippen molar-refractivity contribution < 1.29 is 4.74 Å². The van der Waals surface area contributed by atoms with E-state index in [1.807, 2.05) is 6.07 Å². The SMILES string of the molecule is COCc1cc(C(C)C)nc(N)n1. The molecule has 0 bridgehead atoms. The van der Waals surface area contributed by atoms with Gasteiger partial charge in [-0.1, -0.05) is 13.8 Å². The molecular formula is C9H15N3O. The fraction of sp³-hybridized carbons (Fsp3) is 0.556. The molecule has 0 unspecified atom stereocenters. The third kappa shape index (κ3) is 2.66. The Labute approximate surface area is 78.1 Å². The quantitative estimate of drug-likeness (QED) is 0.764. The standard InChI is InChI=1S/C9H15N3O/c1-6(2)8-4-7(5-13-3)11-9(10)12-8/h4,6H,5H2,1-3H3,(H2,10,11,12). The van der Waals surface area contributed by atoms with E-state index in [1.165, 1.54) is 0 Å². The second-order valence-corrected chi connectivity index (χ2v) is 3.23. The fourth-order valence-electron chi connectivity index (χ4n) is 1.06. The summed E-state index contributed by atoms with van der Waals surface area (Å²) >= 11 is 0. The molecule has 72 valence electrons. The summed E-state index contributed by atoms with van der Waals surface area (Å²) in [5.41, 5.74) is 7.34. The number of nitrogens with two attached hydrogens (primary N) is 1. The summed E-state index contributed by atoms with van der Waals surface area (Å²) in [6.45, 7) is 4.61. The van der Waals surface area contributed by atoms with Crippen LogP contribution in [-0.2, 0) is 11.3 Å². The minimum Gasteiger partial charge on any atom is -0.378 e. The number of aromatic nitrogens is 2. The zero-order valence-corrected chi connectivity index (χ0v) is 8.24. The first-order chi connectivity index (χ1) is 6.13. The van der Waals surface area contributed by atoms with Crippen LogP contribution in [0, 0.1) is 0 Å². The van der Waals surface area contributed by atoms with E-state index < -0.39 is 0 Å². The highest BCUT2D eigenvalue weighted by atomic mass is 16.5. The van der Waals surface area contributed by atoms with Crippen LogP contribution in [0.25, 0.3) is 0 Å². The van der Waals surface area contributed by atoms with E-state index in [1.54, 1.807) is 7.11 Å². The Morgan fingerprint density at radius 1 is 1.46 bits per heavy atom. The zero-order valence-electron chi connectivity index (χ0n) is 8.24. The first-order valence-electron chi connectivity index (χ1n) is 4.25. The Bertz CT molecular complexity index is 286. The first-order valence-corrected chi connectivity index (χ1v) is 4.25. The molecule has 0 aromatic carbocycles. The summed E-state index contributed by atoms with van der Waals surface area (Å²) in [5, 5.41) is 0. The van der Waals surface area contributed by atoms with Crippen LogP contribution in [0.4, 0.5) is 5.95 Å². The average Bonchev–Trinajstić information content (AvgIpc) is 2.03. The van der Waals surface area contributed by atoms with Gasteiger partial charge in [0.15, 0.2) is 0 Å². The second-order valence-electron chi connectivity index (χ2n) is 3.23. The molecule has 0 aliphatic rings. The average molecular weight is 181 g/mol. The summed E-state index contributed by atoms with van der Waals surface area (Å²) in [4.78, 5) is 8.17. The summed E-state index contributed by atoms with van der Waals surface area (Å²) < 4.78 is 4.97. The van der Waals surface area contributed by atoms with E-state index in [9.17, 15) is 0 Å². The number of methoxy groups -OCH3 is 1. The van der Waals surface area contributed by atoms with Gasteiger partial charge in [-0.2, -0.15) is 0 Å². The topological polar surface area (TPSA) is 61.0 Å². The third-order valence-corrected chi connectivity index (χ3v) is 1.70. The van der Waals surface area contributed by atoms with Crippen LogP contribution >= 0.6 is 0 Å². The number of anilines is 1. The van der Waals surface area contributed by atoms with Crippen molar-refractivity contribution in [3.8, 4) is 0 Å². The van der Waals surface area contributed by atoms with Crippen molar-refractivity contribution in [3.63, 3.8) is 0 Å². The second kappa shape index (κ2) is 4.18. The smallest absolute Gasteiger partial charge is 0.220 e. The molecule has 1 aromatic heterocycles. The summed E-state index contributed by atoms with van der Waals surface area (Å²) in [5.74, 6) is 0.680. The lowest BCUT2D eigenvalue weighted by atomic mass is 10.1. The van der Waals surface area contributed by atoms with E-state index in [2.05, 4.69) is 23.8 Å². The van der Waals surface area contributed by atoms with Gasteiger partial charge in [0.05, 0.1) is 12.3 Å². The minimum absolute atomic E-state index is 0.318. The van der Waals surface area contributed by atoms with Gasteiger partial charge in [0.1, 0.15) is 0 Å². The first kappa shape index (κ1) is 9.92. The van der Waals surface area contributed by atoms with Gasteiger partial charge in [0.2, 0.25) is 5.95 Å². The van der Waals surface area contributed by atoms with E-state index in [-0.39, 0.29) is 0 Å². The van der Waals surface area contributed by atoms with E-state index >= 15 is 0 Å². The van der Waals surface area contributed by atoms with E-state index in [0.717, 1.165) is 11.4 Å². The molecule has 0 spiro atoms. The van der Waals surface area contributed by atoms with Crippen LogP contribution in [-0.4, -0.2) is 17.1 Å². The zero-order chi connectivity index (χ0) is 9.84. The molecule has 2 N–H and O–H groups in total. The normalized spacial score (nSPS) is 10.8. The number of hydrogen-bond acceptors (Lipinski definition) is 4. The molecular weight excluding hydrogens is 166 g/mol. The van der Waals surface area contributed by atoms with Crippen molar-refractivity contribution in [1.29, 1.82) is 0 Å². The Morgan fingerprint density at radius 2 is 2.15 bits per heavy atom. The molecule has 1 aromatic rings. The molecule has 4 nitrogen and oxygen atoms in total. The summed E-state index contributed by atoms with van der Waals surface area (Å²) in [6, 6.07) is 1.92. The molecule has 0 radical (unpaired) electrons. The van der Waals surface area contributed by atoms with Gasteiger partial charge in [-0.05, 0) is 12.0 Å². The van der Waals surface area contributed by atoms with Crippen LogP contribution in [0.15, 0.2) is 6.07 Å². The Hall–Kier alpha value is -1.16. The number of ether oxygens (including phenoxy) is 1. The fourth-order valence-corrected chi connectivity index (χ4v) is 1.06. The van der Waals surface area contributed by atoms with Gasteiger partial charge in [-0.3, -0.25) is 0 Å². The van der Waals surface area contributed by atoms with Crippen molar-refractivity contribution in [2.75, 3.05) is 12.8 Å².